The molecule has 10 nitrogen and oxygen atoms in total. The third kappa shape index (κ3) is 7.54. The summed E-state index contributed by atoms with van der Waals surface area (Å²) in [7, 11) is 3.80. The largest absolute Gasteiger partial charge is 0.491 e. The summed E-state index contributed by atoms with van der Waals surface area (Å²) >= 11 is 5.90. The van der Waals surface area contributed by atoms with Crippen LogP contribution in [0, 0.1) is 5.82 Å². The second-order valence-electron chi connectivity index (χ2n) is 7.65. The van der Waals surface area contributed by atoms with Crippen LogP contribution in [0.5, 0.6) is 5.75 Å². The summed E-state index contributed by atoms with van der Waals surface area (Å²) in [5.41, 5.74) is 9.93. The van der Waals surface area contributed by atoms with Crippen LogP contribution in [0.1, 0.15) is 6.42 Å². The van der Waals surface area contributed by atoms with E-state index in [9.17, 15) is 9.18 Å². The van der Waals surface area contributed by atoms with E-state index in [0.717, 1.165) is 0 Å². The Morgan fingerprint density at radius 2 is 2.14 bits per heavy atom. The molecule has 182 valence electrons. The van der Waals surface area contributed by atoms with Crippen molar-refractivity contribution in [1.29, 1.82) is 0 Å². The first-order chi connectivity index (χ1) is 16.9. The molecule has 3 aromatic rings. The van der Waals surface area contributed by atoms with Gasteiger partial charge >= 0.3 is 0 Å². The van der Waals surface area contributed by atoms with Crippen molar-refractivity contribution in [1.82, 2.24) is 14.9 Å². The molecule has 0 atom stereocenters. The minimum atomic E-state index is -0.528. The van der Waals surface area contributed by atoms with Gasteiger partial charge < -0.3 is 20.3 Å². The smallest absolute Gasteiger partial charge is 0.248 e. The molecule has 35 heavy (non-hydrogen) atoms. The van der Waals surface area contributed by atoms with Gasteiger partial charge in [0.2, 0.25) is 5.91 Å². The van der Waals surface area contributed by atoms with Crippen molar-refractivity contribution in [2.75, 3.05) is 44.4 Å². The SMILES string of the molecule is CN(C)C/C=C/C(=O)Nc1cc2c(Nc3ccc(F)c(Cl)c3)ncnc2cc1OCCCN=[N+]=[N-]. The molecule has 1 aromatic heterocycles. The van der Waals surface area contributed by atoms with E-state index in [1.165, 1.54) is 30.6 Å². The number of benzene rings is 2. The van der Waals surface area contributed by atoms with Crippen molar-refractivity contribution in [2.45, 2.75) is 6.42 Å². The fourth-order valence-corrected chi connectivity index (χ4v) is 3.20. The van der Waals surface area contributed by atoms with Gasteiger partial charge in [-0.25, -0.2) is 14.4 Å². The number of hydrogen-bond acceptors (Lipinski definition) is 7. The van der Waals surface area contributed by atoms with E-state index in [0.29, 0.717) is 46.8 Å². The Bertz CT molecular complexity index is 1280. The van der Waals surface area contributed by atoms with Crippen LogP contribution in [0.4, 0.5) is 21.6 Å². The average molecular weight is 499 g/mol. The first kappa shape index (κ1) is 25.7. The summed E-state index contributed by atoms with van der Waals surface area (Å²) in [5.74, 6) is -0.0188. The molecule has 2 aromatic carbocycles. The highest BCUT2D eigenvalue weighted by atomic mass is 35.5. The number of azide groups is 1. The van der Waals surface area contributed by atoms with Crippen LogP contribution in [0.15, 0.2) is 53.9 Å². The Kier molecular flexibility index (Phi) is 9.19. The predicted octanol–water partition coefficient (Wildman–Crippen LogP) is 5.30. The second-order valence-corrected chi connectivity index (χ2v) is 8.06. The lowest BCUT2D eigenvalue weighted by molar-refractivity contribution is -0.111. The number of carbonyl (C=O) groups excluding carboxylic acids is 1. The molecule has 0 aliphatic rings. The molecule has 0 saturated carbocycles. The standard InChI is InChI=1S/C23H24ClFN8O2/c1-33(2)9-3-5-22(34)31-20-12-16-19(13-21(20)35-10-4-8-29-32-26)27-14-28-23(16)30-15-6-7-18(25)17(24)11-15/h3,5-7,11-14H,4,8-10H2,1-2H3,(H,31,34)(H,27,28,30)/b5-3+. The van der Waals surface area contributed by atoms with Crippen molar-refractivity contribution in [3.8, 4) is 5.75 Å². The molecule has 0 spiro atoms. The minimum Gasteiger partial charge on any atom is -0.491 e. The highest BCUT2D eigenvalue weighted by Crippen LogP contribution is 2.34. The van der Waals surface area contributed by atoms with E-state index >= 15 is 0 Å². The van der Waals surface area contributed by atoms with Crippen LogP contribution in [0.25, 0.3) is 21.3 Å². The van der Waals surface area contributed by atoms with Crippen molar-refractivity contribution in [2.24, 2.45) is 5.11 Å². The van der Waals surface area contributed by atoms with E-state index < -0.39 is 5.82 Å². The third-order valence-corrected chi connectivity index (χ3v) is 4.93. The molecule has 12 heteroatoms. The molecule has 0 fully saturated rings. The fraction of sp³-hybridized carbons (Fsp3) is 0.261. The number of amides is 1. The van der Waals surface area contributed by atoms with Crippen LogP contribution in [0.2, 0.25) is 5.02 Å². The number of fused-ring (bicyclic) bond motifs is 1. The zero-order valence-corrected chi connectivity index (χ0v) is 20.0. The Morgan fingerprint density at radius 3 is 2.89 bits per heavy atom. The average Bonchev–Trinajstić information content (AvgIpc) is 2.81. The number of nitrogens with zero attached hydrogens (tertiary/aromatic N) is 6. The maximum atomic E-state index is 13.5. The van der Waals surface area contributed by atoms with E-state index in [1.54, 1.807) is 18.2 Å². The van der Waals surface area contributed by atoms with Gasteiger partial charge in [-0.3, -0.25) is 4.79 Å². The number of rotatable bonds is 11. The van der Waals surface area contributed by atoms with Crippen LogP contribution in [0.3, 0.4) is 0 Å². The Hall–Kier alpha value is -3.92. The zero-order valence-electron chi connectivity index (χ0n) is 19.2. The first-order valence-electron chi connectivity index (χ1n) is 10.6. The van der Waals surface area contributed by atoms with Gasteiger partial charge in [0.15, 0.2) is 0 Å². The zero-order chi connectivity index (χ0) is 25.2. The Labute approximate surface area is 206 Å². The molecule has 0 aliphatic heterocycles. The van der Waals surface area contributed by atoms with Crippen LogP contribution >= 0.6 is 11.6 Å². The number of hydrogen-bond donors (Lipinski definition) is 2. The van der Waals surface area contributed by atoms with Gasteiger partial charge in [-0.15, -0.1) is 0 Å². The van der Waals surface area contributed by atoms with Crippen molar-refractivity contribution < 1.29 is 13.9 Å². The normalized spacial score (nSPS) is 11.0. The van der Waals surface area contributed by atoms with Gasteiger partial charge in [0.25, 0.3) is 0 Å². The summed E-state index contributed by atoms with van der Waals surface area (Å²) in [6.07, 6.45) is 5.06. The second kappa shape index (κ2) is 12.5. The molecule has 0 saturated heterocycles. The minimum absolute atomic E-state index is 0.0257. The molecule has 0 aliphatic carbocycles. The van der Waals surface area contributed by atoms with E-state index in [2.05, 4.69) is 30.6 Å². The molecule has 0 bridgehead atoms. The Morgan fingerprint density at radius 1 is 1.31 bits per heavy atom. The lowest BCUT2D eigenvalue weighted by Gasteiger charge is -2.15. The van der Waals surface area contributed by atoms with Gasteiger partial charge in [-0.2, -0.15) is 0 Å². The van der Waals surface area contributed by atoms with E-state index in [1.807, 2.05) is 19.0 Å². The molecular formula is C23H24ClFN8O2. The molecule has 2 N–H and O–H groups in total. The van der Waals surface area contributed by atoms with Gasteiger partial charge in [-0.05, 0) is 50.3 Å². The highest BCUT2D eigenvalue weighted by Gasteiger charge is 2.13. The van der Waals surface area contributed by atoms with E-state index in [-0.39, 0.29) is 24.1 Å². The van der Waals surface area contributed by atoms with E-state index in [4.69, 9.17) is 21.9 Å². The lowest BCUT2D eigenvalue weighted by atomic mass is 10.1. The van der Waals surface area contributed by atoms with Gasteiger partial charge in [0.05, 0.1) is 22.8 Å². The summed E-state index contributed by atoms with van der Waals surface area (Å²) in [6, 6.07) is 7.62. The summed E-state index contributed by atoms with van der Waals surface area (Å²) in [4.78, 5) is 25.8. The van der Waals surface area contributed by atoms with Crippen LogP contribution in [-0.4, -0.2) is 54.6 Å². The number of carbonyl (C=O) groups is 1. The number of nitrogens with one attached hydrogen (secondary N) is 2. The predicted molar refractivity (Wildman–Crippen MR) is 135 cm³/mol. The maximum Gasteiger partial charge on any atom is 0.248 e. The summed E-state index contributed by atoms with van der Waals surface area (Å²) in [5, 5.41) is 10.0. The molecule has 1 heterocycles. The molecule has 3 rings (SSSR count). The fourth-order valence-electron chi connectivity index (χ4n) is 3.02. The van der Waals surface area contributed by atoms with Crippen LogP contribution in [-0.2, 0) is 4.79 Å². The number of likely N-dealkylation sites (N-methyl/N-ethyl adjacent to an activating group) is 1. The monoisotopic (exact) mass is 498 g/mol. The van der Waals surface area contributed by atoms with Gasteiger partial charge in [0.1, 0.15) is 23.7 Å². The lowest BCUT2D eigenvalue weighted by Crippen LogP contribution is -2.13. The summed E-state index contributed by atoms with van der Waals surface area (Å²) < 4.78 is 19.4. The molecular weight excluding hydrogens is 475 g/mol. The molecule has 0 radical (unpaired) electrons. The molecule has 0 unspecified atom stereocenters. The van der Waals surface area contributed by atoms with Gasteiger partial charge in [0, 0.05) is 41.2 Å². The Balaban J connectivity index is 1.93. The number of ether oxygens (including phenoxy) is 1. The topological polar surface area (TPSA) is 128 Å². The quantitative estimate of drug-likeness (QED) is 0.121. The summed E-state index contributed by atoms with van der Waals surface area (Å²) in [6.45, 7) is 1.17. The third-order valence-electron chi connectivity index (χ3n) is 4.64. The highest BCUT2D eigenvalue weighted by molar-refractivity contribution is 6.31. The maximum absolute atomic E-state index is 13.5. The number of anilines is 3. The van der Waals surface area contributed by atoms with Crippen molar-refractivity contribution >= 4 is 45.6 Å². The first-order valence-corrected chi connectivity index (χ1v) is 11.0. The van der Waals surface area contributed by atoms with Crippen molar-refractivity contribution in [3.63, 3.8) is 0 Å². The van der Waals surface area contributed by atoms with Crippen molar-refractivity contribution in [3.05, 3.63) is 70.1 Å². The van der Waals surface area contributed by atoms with Gasteiger partial charge in [-0.1, -0.05) is 22.8 Å². The van der Waals surface area contributed by atoms with Crippen LogP contribution < -0.4 is 15.4 Å². The number of aromatic nitrogens is 2. The number of halogens is 2. The molecule has 1 amide bonds.